The summed E-state index contributed by atoms with van der Waals surface area (Å²) in [6.45, 7) is 0.411. The molecule has 0 N–H and O–H groups in total. The number of hydrogen-bond acceptors (Lipinski definition) is 6. The summed E-state index contributed by atoms with van der Waals surface area (Å²) in [6, 6.07) is 9.09. The highest BCUT2D eigenvalue weighted by molar-refractivity contribution is 5.99. The van der Waals surface area contributed by atoms with E-state index in [1.54, 1.807) is 18.2 Å². The van der Waals surface area contributed by atoms with Gasteiger partial charge in [0, 0.05) is 17.7 Å². The van der Waals surface area contributed by atoms with Crippen LogP contribution in [0.1, 0.15) is 20.8 Å². The lowest BCUT2D eigenvalue weighted by Gasteiger charge is -2.18. The molecule has 1 aliphatic rings. The standard InChI is InChI=1S/C16H13NO6/c18-13(10-23-16(19)12-3-1-2-6-17(12)20)11-4-5-14-15(9-11)22-8-7-21-14/h1-6,9H,7-8,10H2. The summed E-state index contributed by atoms with van der Waals surface area (Å²) in [4.78, 5) is 23.9. The highest BCUT2D eigenvalue weighted by Gasteiger charge is 2.20. The van der Waals surface area contributed by atoms with E-state index >= 15 is 0 Å². The molecule has 0 fully saturated rings. The minimum absolute atomic E-state index is 0.178. The SMILES string of the molecule is O=C(COC(=O)c1cccc[n+]1[O-])c1ccc2c(c1)OCCO2. The van der Waals surface area contributed by atoms with E-state index in [2.05, 4.69) is 0 Å². The third-order valence-corrected chi connectivity index (χ3v) is 3.23. The van der Waals surface area contributed by atoms with Crippen molar-refractivity contribution in [3.8, 4) is 11.5 Å². The first-order chi connectivity index (χ1) is 11.1. The fourth-order valence-electron chi connectivity index (χ4n) is 2.09. The lowest BCUT2D eigenvalue weighted by Crippen LogP contribution is -2.35. The maximum Gasteiger partial charge on any atom is 0.405 e. The summed E-state index contributed by atoms with van der Waals surface area (Å²) in [7, 11) is 0. The Labute approximate surface area is 131 Å². The van der Waals surface area contributed by atoms with Gasteiger partial charge in [0.1, 0.15) is 13.2 Å². The fraction of sp³-hybridized carbons (Fsp3) is 0.188. The maximum absolute atomic E-state index is 12.1. The van der Waals surface area contributed by atoms with Gasteiger partial charge in [-0.15, -0.1) is 0 Å². The van der Waals surface area contributed by atoms with E-state index in [0.29, 0.717) is 35.0 Å². The lowest BCUT2D eigenvalue weighted by molar-refractivity contribution is -0.608. The Morgan fingerprint density at radius 1 is 1.13 bits per heavy atom. The number of hydrogen-bond donors (Lipinski definition) is 0. The van der Waals surface area contributed by atoms with Crippen LogP contribution in [-0.2, 0) is 4.74 Å². The molecule has 0 unspecified atom stereocenters. The highest BCUT2D eigenvalue weighted by atomic mass is 16.6. The number of benzene rings is 1. The van der Waals surface area contributed by atoms with Gasteiger partial charge in [-0.25, -0.2) is 4.79 Å². The molecular weight excluding hydrogens is 302 g/mol. The second kappa shape index (κ2) is 6.35. The molecule has 0 radical (unpaired) electrons. The number of ketones is 1. The Morgan fingerprint density at radius 2 is 1.91 bits per heavy atom. The molecule has 0 aliphatic carbocycles. The van der Waals surface area contributed by atoms with Crippen LogP contribution in [0, 0.1) is 5.21 Å². The minimum Gasteiger partial charge on any atom is -0.618 e. The van der Waals surface area contributed by atoms with Crippen molar-refractivity contribution >= 4 is 11.8 Å². The minimum atomic E-state index is -0.855. The first-order valence-corrected chi connectivity index (χ1v) is 6.93. The molecule has 0 atom stereocenters. The Hall–Kier alpha value is -3.09. The number of carbonyl (C=O) groups excluding carboxylic acids is 2. The van der Waals surface area contributed by atoms with Gasteiger partial charge in [-0.2, -0.15) is 4.73 Å². The molecular formula is C16H13NO6. The van der Waals surface area contributed by atoms with Gasteiger partial charge in [-0.05, 0) is 24.3 Å². The van der Waals surface area contributed by atoms with Crippen molar-refractivity contribution in [3.05, 3.63) is 59.1 Å². The van der Waals surface area contributed by atoms with E-state index in [0.717, 1.165) is 0 Å². The molecule has 1 aromatic carbocycles. The summed E-state index contributed by atoms with van der Waals surface area (Å²) >= 11 is 0. The van der Waals surface area contributed by atoms with Crippen LogP contribution in [0.25, 0.3) is 0 Å². The largest absolute Gasteiger partial charge is 0.618 e. The zero-order chi connectivity index (χ0) is 16.2. The lowest BCUT2D eigenvalue weighted by atomic mass is 10.1. The molecule has 0 saturated heterocycles. The van der Waals surface area contributed by atoms with Gasteiger partial charge >= 0.3 is 11.7 Å². The molecule has 0 spiro atoms. The molecule has 2 aromatic rings. The maximum atomic E-state index is 12.1. The second-order valence-corrected chi connectivity index (χ2v) is 4.77. The normalized spacial score (nSPS) is 12.5. The van der Waals surface area contributed by atoms with E-state index in [1.165, 1.54) is 24.4 Å². The molecule has 118 valence electrons. The number of Topliss-reactive ketones (excluding diaryl/α,β-unsaturated/α-hetero) is 1. The van der Waals surface area contributed by atoms with Gasteiger partial charge in [0.2, 0.25) is 0 Å². The van der Waals surface area contributed by atoms with Crippen molar-refractivity contribution in [3.63, 3.8) is 0 Å². The van der Waals surface area contributed by atoms with Crippen LogP contribution in [0.2, 0.25) is 0 Å². The predicted molar refractivity (Wildman–Crippen MR) is 77.4 cm³/mol. The van der Waals surface area contributed by atoms with E-state index in [4.69, 9.17) is 14.2 Å². The molecule has 1 aliphatic heterocycles. The van der Waals surface area contributed by atoms with Gasteiger partial charge in [0.05, 0.1) is 0 Å². The molecule has 0 amide bonds. The van der Waals surface area contributed by atoms with Gasteiger partial charge in [-0.3, -0.25) is 4.79 Å². The van der Waals surface area contributed by atoms with Gasteiger partial charge < -0.3 is 19.4 Å². The zero-order valence-electron chi connectivity index (χ0n) is 12.1. The number of esters is 1. The van der Waals surface area contributed by atoms with Crippen molar-refractivity contribution in [1.29, 1.82) is 0 Å². The van der Waals surface area contributed by atoms with Crippen LogP contribution in [-0.4, -0.2) is 31.6 Å². The molecule has 3 rings (SSSR count). The smallest absolute Gasteiger partial charge is 0.405 e. The summed E-state index contributed by atoms with van der Waals surface area (Å²) < 4.78 is 16.0. The zero-order valence-corrected chi connectivity index (χ0v) is 12.1. The average Bonchev–Trinajstić information content (AvgIpc) is 2.59. The number of nitrogens with zero attached hydrogens (tertiary/aromatic N) is 1. The van der Waals surface area contributed by atoms with Crippen LogP contribution < -0.4 is 14.2 Å². The molecule has 0 saturated carbocycles. The van der Waals surface area contributed by atoms with E-state index in [1.807, 2.05) is 0 Å². The van der Waals surface area contributed by atoms with Crippen molar-refractivity contribution < 1.29 is 28.5 Å². The second-order valence-electron chi connectivity index (χ2n) is 4.77. The van der Waals surface area contributed by atoms with Gasteiger partial charge in [-0.1, -0.05) is 0 Å². The van der Waals surface area contributed by atoms with Crippen LogP contribution in [0.3, 0.4) is 0 Å². The number of carbonyl (C=O) groups is 2. The van der Waals surface area contributed by atoms with Crippen LogP contribution in [0.15, 0.2) is 42.6 Å². The Morgan fingerprint density at radius 3 is 2.70 bits per heavy atom. The van der Waals surface area contributed by atoms with E-state index in [-0.39, 0.29) is 5.69 Å². The first-order valence-electron chi connectivity index (χ1n) is 6.93. The van der Waals surface area contributed by atoms with Crippen molar-refractivity contribution in [2.24, 2.45) is 0 Å². The number of aromatic nitrogens is 1. The van der Waals surface area contributed by atoms with Crippen molar-refractivity contribution in [2.75, 3.05) is 19.8 Å². The number of pyridine rings is 1. The number of rotatable bonds is 4. The van der Waals surface area contributed by atoms with Crippen molar-refractivity contribution in [2.45, 2.75) is 0 Å². The molecule has 0 bridgehead atoms. The van der Waals surface area contributed by atoms with E-state index < -0.39 is 18.4 Å². The van der Waals surface area contributed by atoms with Gasteiger partial charge in [0.25, 0.3) is 0 Å². The van der Waals surface area contributed by atoms with Crippen LogP contribution >= 0.6 is 0 Å². The monoisotopic (exact) mass is 315 g/mol. The molecule has 7 heteroatoms. The third kappa shape index (κ3) is 3.23. The third-order valence-electron chi connectivity index (χ3n) is 3.23. The molecule has 23 heavy (non-hydrogen) atoms. The van der Waals surface area contributed by atoms with E-state index in [9.17, 15) is 14.8 Å². The summed E-state index contributed by atoms with van der Waals surface area (Å²) in [5.41, 5.74) is 0.160. The molecule has 1 aromatic heterocycles. The van der Waals surface area contributed by atoms with Crippen molar-refractivity contribution in [1.82, 2.24) is 0 Å². The molecule has 2 heterocycles. The Balaban J connectivity index is 1.66. The van der Waals surface area contributed by atoms with Crippen LogP contribution in [0.5, 0.6) is 11.5 Å². The quantitative estimate of drug-likeness (QED) is 0.364. The number of ether oxygens (including phenoxy) is 3. The average molecular weight is 315 g/mol. The Bertz CT molecular complexity index is 758. The predicted octanol–water partition coefficient (Wildman–Crippen LogP) is 1.13. The Kier molecular flexibility index (Phi) is 4.09. The fourth-order valence-corrected chi connectivity index (χ4v) is 2.09. The first kappa shape index (κ1) is 14.8. The summed E-state index contributed by atoms with van der Waals surface area (Å²) in [6.07, 6.45) is 1.18. The number of fused-ring (bicyclic) bond motifs is 1. The summed E-state index contributed by atoms with van der Waals surface area (Å²) in [5, 5.41) is 11.4. The highest BCUT2D eigenvalue weighted by Crippen LogP contribution is 2.30. The summed E-state index contributed by atoms with van der Waals surface area (Å²) in [5.74, 6) is -0.203. The topological polar surface area (TPSA) is 88.8 Å². The van der Waals surface area contributed by atoms with Crippen LogP contribution in [0.4, 0.5) is 0 Å². The van der Waals surface area contributed by atoms with Gasteiger partial charge in [0.15, 0.2) is 30.1 Å². The molecule has 7 nitrogen and oxygen atoms in total.